The molecular formula is C35H53N2+. The fourth-order valence-corrected chi connectivity index (χ4v) is 5.71. The predicted molar refractivity (Wildman–Crippen MR) is 161 cm³/mol. The third-order valence-electron chi connectivity index (χ3n) is 7.80. The van der Waals surface area contributed by atoms with E-state index in [2.05, 4.69) is 86.0 Å². The number of imidazole rings is 1. The fourth-order valence-electron chi connectivity index (χ4n) is 5.71. The van der Waals surface area contributed by atoms with Gasteiger partial charge in [0.15, 0.2) is 0 Å². The molecule has 0 bridgehead atoms. The Bertz CT molecular complexity index is 907. The van der Waals surface area contributed by atoms with E-state index in [4.69, 9.17) is 0 Å². The minimum atomic E-state index is 1.16. The maximum Gasteiger partial charge on any atom is 0.292 e. The van der Waals surface area contributed by atoms with Crippen LogP contribution in [0.2, 0.25) is 0 Å². The molecule has 37 heavy (non-hydrogen) atoms. The number of H-pyrrole nitrogens is 1. The van der Waals surface area contributed by atoms with Crippen molar-refractivity contribution >= 4 is 0 Å². The number of benzene rings is 2. The molecule has 1 heterocycles. The van der Waals surface area contributed by atoms with Crippen LogP contribution in [0, 0.1) is 0 Å². The highest BCUT2D eigenvalue weighted by molar-refractivity contribution is 5.64. The standard InChI is InChI=1S/C35H52N2/c1-5-9-13-19-29-23-17-24-30(20-14-10-6-2)33(29)35-36-27-28-37(35)34-31(21-15-11-7-3)25-18-26-32(34)22-16-12-8-4/h17-18,23-28H,5-16,19-22H2,1-4H3/p+1. The molecule has 3 rings (SSSR count). The molecule has 0 saturated heterocycles. The summed E-state index contributed by atoms with van der Waals surface area (Å²) in [4.78, 5) is 3.73. The first-order valence-electron chi connectivity index (χ1n) is 15.6. The second kappa shape index (κ2) is 16.5. The quantitative estimate of drug-likeness (QED) is 0.132. The van der Waals surface area contributed by atoms with Gasteiger partial charge < -0.3 is 0 Å². The van der Waals surface area contributed by atoms with Crippen molar-refractivity contribution in [3.05, 3.63) is 71.0 Å². The van der Waals surface area contributed by atoms with E-state index in [1.165, 1.54) is 116 Å². The van der Waals surface area contributed by atoms with Crippen LogP contribution in [0.3, 0.4) is 0 Å². The van der Waals surface area contributed by atoms with Crippen LogP contribution in [-0.2, 0) is 25.7 Å². The molecule has 2 aromatic carbocycles. The van der Waals surface area contributed by atoms with Crippen molar-refractivity contribution in [2.45, 2.75) is 130 Å². The number of aromatic amines is 1. The minimum absolute atomic E-state index is 1.16. The summed E-state index contributed by atoms with van der Waals surface area (Å²) < 4.78 is 2.52. The van der Waals surface area contributed by atoms with Gasteiger partial charge in [0.05, 0.1) is 5.56 Å². The average Bonchev–Trinajstić information content (AvgIpc) is 3.38. The first kappa shape index (κ1) is 29.2. The maximum atomic E-state index is 3.73. The first-order chi connectivity index (χ1) is 18.2. The smallest absolute Gasteiger partial charge is 0.243 e. The molecule has 3 aromatic rings. The van der Waals surface area contributed by atoms with Gasteiger partial charge in [-0.25, -0.2) is 4.98 Å². The summed E-state index contributed by atoms with van der Waals surface area (Å²) >= 11 is 0. The molecule has 0 atom stereocenters. The van der Waals surface area contributed by atoms with Gasteiger partial charge >= 0.3 is 0 Å². The van der Waals surface area contributed by atoms with Crippen molar-refractivity contribution in [3.8, 4) is 17.1 Å². The Labute approximate surface area is 227 Å². The van der Waals surface area contributed by atoms with E-state index in [0.717, 1.165) is 25.7 Å². The van der Waals surface area contributed by atoms with Gasteiger partial charge in [-0.1, -0.05) is 115 Å². The Hall–Kier alpha value is -2.35. The van der Waals surface area contributed by atoms with E-state index in [1.54, 1.807) is 0 Å². The number of nitrogens with one attached hydrogen (secondary N) is 1. The van der Waals surface area contributed by atoms with Crippen molar-refractivity contribution in [2.75, 3.05) is 0 Å². The molecule has 0 aliphatic carbocycles. The summed E-state index contributed by atoms with van der Waals surface area (Å²) in [6.45, 7) is 9.21. The largest absolute Gasteiger partial charge is 0.292 e. The molecule has 1 aromatic heterocycles. The van der Waals surface area contributed by atoms with Crippen molar-refractivity contribution in [2.24, 2.45) is 0 Å². The number of hydrogen-bond donors (Lipinski definition) is 1. The van der Waals surface area contributed by atoms with Crippen LogP contribution >= 0.6 is 0 Å². The van der Waals surface area contributed by atoms with Crippen LogP contribution in [0.4, 0.5) is 0 Å². The molecule has 0 saturated carbocycles. The Kier molecular flexibility index (Phi) is 13.0. The number of hydrogen-bond acceptors (Lipinski definition) is 0. The molecule has 202 valence electrons. The zero-order valence-corrected chi connectivity index (χ0v) is 24.4. The van der Waals surface area contributed by atoms with Gasteiger partial charge in [0, 0.05) is 0 Å². The normalized spacial score (nSPS) is 11.4. The van der Waals surface area contributed by atoms with Gasteiger partial charge in [0.2, 0.25) is 0 Å². The molecule has 0 radical (unpaired) electrons. The molecule has 0 fully saturated rings. The van der Waals surface area contributed by atoms with Gasteiger partial charge in [-0.2, -0.15) is 4.57 Å². The maximum absolute atomic E-state index is 3.73. The number of aryl methyl sites for hydroxylation is 4. The molecule has 1 N–H and O–H groups in total. The molecule has 0 aliphatic rings. The number of unbranched alkanes of at least 4 members (excludes halogenated alkanes) is 8. The highest BCUT2D eigenvalue weighted by Crippen LogP contribution is 2.30. The summed E-state index contributed by atoms with van der Waals surface area (Å²) in [5, 5.41) is 0. The highest BCUT2D eigenvalue weighted by atomic mass is 15.1. The first-order valence-corrected chi connectivity index (χ1v) is 15.6. The summed E-state index contributed by atoms with van der Waals surface area (Å²) in [5.41, 5.74) is 8.93. The molecule has 0 unspecified atom stereocenters. The van der Waals surface area contributed by atoms with Crippen LogP contribution in [0.1, 0.15) is 127 Å². The van der Waals surface area contributed by atoms with Gasteiger partial charge in [0.25, 0.3) is 5.82 Å². The molecule has 0 spiro atoms. The van der Waals surface area contributed by atoms with Crippen LogP contribution < -0.4 is 4.57 Å². The second-order valence-electron chi connectivity index (χ2n) is 10.9. The lowest BCUT2D eigenvalue weighted by molar-refractivity contribution is -0.583. The summed E-state index contributed by atoms with van der Waals surface area (Å²) in [6, 6.07) is 14.1. The van der Waals surface area contributed by atoms with Gasteiger partial charge in [-0.15, -0.1) is 0 Å². The van der Waals surface area contributed by atoms with Crippen molar-refractivity contribution in [1.82, 2.24) is 4.98 Å². The van der Waals surface area contributed by atoms with Crippen LogP contribution in [-0.4, -0.2) is 4.98 Å². The van der Waals surface area contributed by atoms with Gasteiger partial charge in [-0.05, 0) is 73.6 Å². The van der Waals surface area contributed by atoms with Crippen LogP contribution in [0.25, 0.3) is 17.1 Å². The minimum Gasteiger partial charge on any atom is -0.243 e. The van der Waals surface area contributed by atoms with Crippen molar-refractivity contribution in [1.29, 1.82) is 0 Å². The Morgan fingerprint density at radius 3 is 1.38 bits per heavy atom. The summed E-state index contributed by atoms with van der Waals surface area (Å²) in [7, 11) is 0. The van der Waals surface area contributed by atoms with Gasteiger partial charge in [-0.3, -0.25) is 0 Å². The van der Waals surface area contributed by atoms with Crippen molar-refractivity contribution in [3.63, 3.8) is 0 Å². The average molecular weight is 502 g/mol. The Balaban J connectivity index is 2.12. The Morgan fingerprint density at radius 2 is 0.946 bits per heavy atom. The van der Waals surface area contributed by atoms with E-state index in [1.807, 2.05) is 0 Å². The van der Waals surface area contributed by atoms with E-state index < -0.39 is 0 Å². The van der Waals surface area contributed by atoms with Gasteiger partial charge in [0.1, 0.15) is 18.1 Å². The lowest BCUT2D eigenvalue weighted by atomic mass is 9.92. The number of aromatic nitrogens is 2. The molecule has 2 heteroatoms. The topological polar surface area (TPSA) is 19.7 Å². The van der Waals surface area contributed by atoms with Crippen LogP contribution in [0.5, 0.6) is 0 Å². The lowest BCUT2D eigenvalue weighted by Crippen LogP contribution is -2.34. The highest BCUT2D eigenvalue weighted by Gasteiger charge is 2.25. The summed E-state index contributed by atoms with van der Waals surface area (Å²) in [5.74, 6) is 1.28. The van der Waals surface area contributed by atoms with Crippen molar-refractivity contribution < 1.29 is 4.57 Å². The van der Waals surface area contributed by atoms with E-state index in [-0.39, 0.29) is 0 Å². The van der Waals surface area contributed by atoms with E-state index in [9.17, 15) is 0 Å². The summed E-state index contributed by atoms with van der Waals surface area (Å²) in [6.07, 6.45) is 24.4. The van der Waals surface area contributed by atoms with E-state index in [0.29, 0.717) is 0 Å². The lowest BCUT2D eigenvalue weighted by Gasteiger charge is -2.16. The monoisotopic (exact) mass is 501 g/mol. The molecule has 0 aliphatic heterocycles. The second-order valence-corrected chi connectivity index (χ2v) is 10.9. The SMILES string of the molecule is CCCCCc1cccc(CCCCC)c1-c1[nH]cc[n+]1-c1c(CCCCC)cccc1CCCCC. The molecule has 2 nitrogen and oxygen atoms in total. The molecular weight excluding hydrogens is 448 g/mol. The number of rotatable bonds is 18. The number of para-hydroxylation sites is 1. The zero-order valence-electron chi connectivity index (χ0n) is 24.4. The van der Waals surface area contributed by atoms with Crippen LogP contribution in [0.15, 0.2) is 48.8 Å². The predicted octanol–water partition coefficient (Wildman–Crippen LogP) is 9.89. The molecule has 0 amide bonds. The Morgan fingerprint density at radius 1 is 0.541 bits per heavy atom. The third kappa shape index (κ3) is 8.32. The fraction of sp³-hybridized carbons (Fsp3) is 0.571. The third-order valence-corrected chi connectivity index (χ3v) is 7.80. The zero-order chi connectivity index (χ0) is 26.3. The number of nitrogens with zero attached hydrogens (tertiary/aromatic N) is 1. The van der Waals surface area contributed by atoms with E-state index >= 15 is 0 Å².